The van der Waals surface area contributed by atoms with Gasteiger partial charge < -0.3 is 19.7 Å². The highest BCUT2D eigenvalue weighted by Crippen LogP contribution is 2.21. The number of hydrogen-bond donors (Lipinski definition) is 1. The second-order valence-corrected chi connectivity index (χ2v) is 7.03. The minimum Gasteiger partial charge on any atom is -0.375 e. The van der Waals surface area contributed by atoms with Gasteiger partial charge in [-0.2, -0.15) is 0 Å². The molecule has 2 rings (SSSR count). The van der Waals surface area contributed by atoms with Gasteiger partial charge in [-0.25, -0.2) is 0 Å². The summed E-state index contributed by atoms with van der Waals surface area (Å²) < 4.78 is 11.7. The van der Waals surface area contributed by atoms with Crippen molar-refractivity contribution in [3.05, 3.63) is 0 Å². The van der Waals surface area contributed by atoms with Crippen LogP contribution in [0.25, 0.3) is 0 Å². The van der Waals surface area contributed by atoms with Crippen molar-refractivity contribution in [1.82, 2.24) is 10.2 Å². The summed E-state index contributed by atoms with van der Waals surface area (Å²) in [5, 5.41) is 3.44. The number of aliphatic imine (C=N–C) groups is 1. The molecule has 2 atom stereocenters. The molecule has 0 saturated carbocycles. The van der Waals surface area contributed by atoms with Gasteiger partial charge in [-0.3, -0.25) is 4.99 Å². The summed E-state index contributed by atoms with van der Waals surface area (Å²) in [7, 11) is 0. The molecule has 0 bridgehead atoms. The zero-order chi connectivity index (χ0) is 16.5. The van der Waals surface area contributed by atoms with E-state index in [4.69, 9.17) is 14.5 Å². The number of rotatable bonds is 7. The Morgan fingerprint density at radius 1 is 1.21 bits per heavy atom. The van der Waals surface area contributed by atoms with Gasteiger partial charge >= 0.3 is 0 Å². The maximum Gasteiger partial charge on any atom is 0.194 e. The maximum atomic E-state index is 5.94. The Bertz CT molecular complexity index is 360. The topological polar surface area (TPSA) is 46.1 Å². The van der Waals surface area contributed by atoms with Gasteiger partial charge in [0.05, 0.1) is 12.7 Å². The first-order valence-corrected chi connectivity index (χ1v) is 9.47. The molecular formula is C18H36IN3O2. The van der Waals surface area contributed by atoms with Crippen LogP contribution in [0.2, 0.25) is 0 Å². The Morgan fingerprint density at radius 3 is 2.67 bits per heavy atom. The van der Waals surface area contributed by atoms with Crippen LogP contribution in [0.3, 0.4) is 0 Å². The van der Waals surface area contributed by atoms with Gasteiger partial charge in [-0.05, 0) is 32.1 Å². The number of ether oxygens (including phenoxy) is 2. The van der Waals surface area contributed by atoms with Crippen molar-refractivity contribution < 1.29 is 9.47 Å². The summed E-state index contributed by atoms with van der Waals surface area (Å²) in [6, 6.07) is 0. The lowest BCUT2D eigenvalue weighted by atomic mass is 10.1. The molecule has 2 unspecified atom stereocenters. The molecular weight excluding hydrogens is 417 g/mol. The number of hydrogen-bond acceptors (Lipinski definition) is 3. The van der Waals surface area contributed by atoms with Gasteiger partial charge in [-0.1, -0.05) is 26.7 Å². The van der Waals surface area contributed by atoms with Crippen molar-refractivity contribution in [2.45, 2.75) is 65.1 Å². The molecule has 0 aromatic carbocycles. The van der Waals surface area contributed by atoms with Crippen LogP contribution in [0.4, 0.5) is 0 Å². The number of halogens is 1. The van der Waals surface area contributed by atoms with Crippen LogP contribution in [0.15, 0.2) is 4.99 Å². The van der Waals surface area contributed by atoms with Gasteiger partial charge in [0.1, 0.15) is 6.10 Å². The summed E-state index contributed by atoms with van der Waals surface area (Å²) in [5.74, 6) is 1.84. The fourth-order valence-electron chi connectivity index (χ4n) is 3.26. The lowest BCUT2D eigenvalue weighted by Gasteiger charge is -2.37. The van der Waals surface area contributed by atoms with Gasteiger partial charge in [0.15, 0.2) is 5.96 Å². The average Bonchev–Trinajstić information content (AvgIpc) is 3.08. The number of nitrogens with one attached hydrogen (secondary N) is 1. The van der Waals surface area contributed by atoms with Crippen LogP contribution in [-0.4, -0.2) is 62.5 Å². The van der Waals surface area contributed by atoms with E-state index < -0.39 is 0 Å². The second-order valence-electron chi connectivity index (χ2n) is 7.03. The predicted molar refractivity (Wildman–Crippen MR) is 110 cm³/mol. The van der Waals surface area contributed by atoms with Crippen LogP contribution in [0.1, 0.15) is 52.9 Å². The van der Waals surface area contributed by atoms with Crippen LogP contribution in [0.5, 0.6) is 0 Å². The van der Waals surface area contributed by atoms with E-state index >= 15 is 0 Å². The molecule has 24 heavy (non-hydrogen) atoms. The van der Waals surface area contributed by atoms with Crippen LogP contribution >= 0.6 is 24.0 Å². The van der Waals surface area contributed by atoms with Crippen molar-refractivity contribution in [3.63, 3.8) is 0 Å². The molecule has 2 saturated heterocycles. The molecule has 0 aliphatic carbocycles. The highest BCUT2D eigenvalue weighted by molar-refractivity contribution is 14.0. The third-order valence-electron chi connectivity index (χ3n) is 4.56. The molecule has 2 aliphatic heterocycles. The minimum absolute atomic E-state index is 0. The Kier molecular flexibility index (Phi) is 11.3. The van der Waals surface area contributed by atoms with Crippen molar-refractivity contribution in [2.24, 2.45) is 10.9 Å². The van der Waals surface area contributed by atoms with Gasteiger partial charge in [0.2, 0.25) is 0 Å². The molecule has 0 aromatic heterocycles. The van der Waals surface area contributed by atoms with Crippen LogP contribution < -0.4 is 5.32 Å². The number of nitrogens with zero attached hydrogens (tertiary/aromatic N) is 2. The standard InChI is InChI=1S/C18H35N3O2.HI/c1-4-19-18(20-10-6-5-8-15(2)3)21-11-13-23-17(14-21)16-9-7-12-22-16;/h15-17H,4-14H2,1-3H3,(H,19,20);1H. The smallest absolute Gasteiger partial charge is 0.194 e. The second kappa shape index (κ2) is 12.3. The molecule has 2 heterocycles. The van der Waals surface area contributed by atoms with E-state index in [0.29, 0.717) is 0 Å². The molecule has 2 fully saturated rings. The third kappa shape index (κ3) is 7.44. The van der Waals surface area contributed by atoms with Crippen molar-refractivity contribution >= 4 is 29.9 Å². The molecule has 1 N–H and O–H groups in total. The van der Waals surface area contributed by atoms with E-state index in [0.717, 1.165) is 64.1 Å². The molecule has 142 valence electrons. The average molecular weight is 453 g/mol. The summed E-state index contributed by atoms with van der Waals surface area (Å²) >= 11 is 0. The maximum absolute atomic E-state index is 5.94. The predicted octanol–water partition coefficient (Wildman–Crippen LogP) is 3.28. The molecule has 0 spiro atoms. The van der Waals surface area contributed by atoms with E-state index in [9.17, 15) is 0 Å². The summed E-state index contributed by atoms with van der Waals surface area (Å²) in [6.07, 6.45) is 6.48. The van der Waals surface area contributed by atoms with Crippen LogP contribution in [-0.2, 0) is 9.47 Å². The molecule has 5 nitrogen and oxygen atoms in total. The van der Waals surface area contributed by atoms with E-state index in [1.165, 1.54) is 19.3 Å². The van der Waals surface area contributed by atoms with E-state index in [-0.39, 0.29) is 36.2 Å². The zero-order valence-electron chi connectivity index (χ0n) is 15.6. The lowest BCUT2D eigenvalue weighted by Crippen LogP contribution is -2.53. The van der Waals surface area contributed by atoms with Gasteiger partial charge in [0, 0.05) is 32.8 Å². The summed E-state index contributed by atoms with van der Waals surface area (Å²) in [5.41, 5.74) is 0. The van der Waals surface area contributed by atoms with E-state index in [1.54, 1.807) is 0 Å². The molecule has 0 radical (unpaired) electrons. The highest BCUT2D eigenvalue weighted by atomic mass is 127. The molecule has 2 aliphatic rings. The quantitative estimate of drug-likeness (QED) is 0.278. The normalized spacial score (nSPS) is 25.0. The summed E-state index contributed by atoms with van der Waals surface area (Å²) in [6.45, 7) is 12.0. The van der Waals surface area contributed by atoms with E-state index in [1.807, 2.05) is 0 Å². The third-order valence-corrected chi connectivity index (χ3v) is 4.56. The van der Waals surface area contributed by atoms with Crippen molar-refractivity contribution in [2.75, 3.05) is 39.4 Å². The zero-order valence-corrected chi connectivity index (χ0v) is 18.0. The lowest BCUT2D eigenvalue weighted by molar-refractivity contribution is -0.0817. The Morgan fingerprint density at radius 2 is 2.00 bits per heavy atom. The number of unbranched alkanes of at least 4 members (excludes halogenated alkanes) is 1. The SMILES string of the molecule is CCNC(=NCCCCC(C)C)N1CCOC(C2CCCO2)C1.I. The monoisotopic (exact) mass is 453 g/mol. The molecule has 6 heteroatoms. The number of guanidine groups is 1. The molecule has 0 amide bonds. The first-order valence-electron chi connectivity index (χ1n) is 9.47. The van der Waals surface area contributed by atoms with Gasteiger partial charge in [-0.15, -0.1) is 24.0 Å². The van der Waals surface area contributed by atoms with Crippen LogP contribution in [0, 0.1) is 5.92 Å². The Labute approximate surface area is 165 Å². The molecule has 0 aromatic rings. The summed E-state index contributed by atoms with van der Waals surface area (Å²) in [4.78, 5) is 7.18. The van der Waals surface area contributed by atoms with Gasteiger partial charge in [0.25, 0.3) is 0 Å². The first kappa shape index (κ1) is 22.0. The fraction of sp³-hybridized carbons (Fsp3) is 0.944. The highest BCUT2D eigenvalue weighted by Gasteiger charge is 2.32. The fourth-order valence-corrected chi connectivity index (χ4v) is 3.26. The van der Waals surface area contributed by atoms with Crippen molar-refractivity contribution in [1.29, 1.82) is 0 Å². The number of morpholine rings is 1. The Balaban J connectivity index is 0.00000288. The van der Waals surface area contributed by atoms with Crippen molar-refractivity contribution in [3.8, 4) is 0 Å². The van der Waals surface area contributed by atoms with E-state index in [2.05, 4.69) is 31.0 Å². The Hall–Kier alpha value is -0.0800. The minimum atomic E-state index is 0. The largest absolute Gasteiger partial charge is 0.375 e. The first-order chi connectivity index (χ1) is 11.2.